The van der Waals surface area contributed by atoms with Gasteiger partial charge in [0.15, 0.2) is 0 Å². The Balaban J connectivity index is 2.19. The minimum atomic E-state index is -0.0345. The molecule has 0 amide bonds. The van der Waals surface area contributed by atoms with Crippen molar-refractivity contribution in [2.75, 3.05) is 6.61 Å². The van der Waals surface area contributed by atoms with E-state index < -0.39 is 0 Å². The third-order valence-corrected chi connectivity index (χ3v) is 3.53. The molecule has 0 spiro atoms. The van der Waals surface area contributed by atoms with Gasteiger partial charge < -0.3 is 4.74 Å². The number of ether oxygens (including phenoxy) is 1. The van der Waals surface area contributed by atoms with Crippen LogP contribution in [0.3, 0.4) is 0 Å². The number of nitrogens with one attached hydrogen (secondary N) is 1. The van der Waals surface area contributed by atoms with Crippen LogP contribution < -0.4 is 16.0 Å². The summed E-state index contributed by atoms with van der Waals surface area (Å²) in [7, 11) is 0. The summed E-state index contributed by atoms with van der Waals surface area (Å²) < 4.78 is 6.63. The fourth-order valence-electron chi connectivity index (χ4n) is 2.05. The molecule has 0 aromatic heterocycles. The van der Waals surface area contributed by atoms with Crippen molar-refractivity contribution in [1.82, 2.24) is 5.43 Å². The molecule has 106 valence electrons. The van der Waals surface area contributed by atoms with Crippen LogP contribution in [-0.2, 0) is 0 Å². The Hall–Kier alpha value is -1.36. The van der Waals surface area contributed by atoms with Gasteiger partial charge >= 0.3 is 0 Å². The van der Waals surface area contributed by atoms with E-state index in [1.54, 1.807) is 0 Å². The Morgan fingerprint density at radius 2 is 1.90 bits per heavy atom. The van der Waals surface area contributed by atoms with Crippen molar-refractivity contribution in [3.05, 3.63) is 64.1 Å². The number of hydrogen-bond donors (Lipinski definition) is 2. The van der Waals surface area contributed by atoms with Gasteiger partial charge in [-0.1, -0.05) is 47.1 Å². The first-order valence-corrected chi connectivity index (χ1v) is 7.48. The van der Waals surface area contributed by atoms with Gasteiger partial charge in [0.05, 0.1) is 12.6 Å². The summed E-state index contributed by atoms with van der Waals surface area (Å²) >= 11 is 3.48. The summed E-state index contributed by atoms with van der Waals surface area (Å²) in [6.45, 7) is 2.83. The van der Waals surface area contributed by atoms with Crippen molar-refractivity contribution in [1.29, 1.82) is 0 Å². The quantitative estimate of drug-likeness (QED) is 0.624. The number of benzene rings is 2. The van der Waals surface area contributed by atoms with E-state index in [0.29, 0.717) is 0 Å². The van der Waals surface area contributed by atoms with Gasteiger partial charge in [0, 0.05) is 4.47 Å². The lowest BCUT2D eigenvalue weighted by Gasteiger charge is -2.17. The lowest BCUT2D eigenvalue weighted by atomic mass is 9.99. The van der Waals surface area contributed by atoms with Crippen LogP contribution >= 0.6 is 15.9 Å². The van der Waals surface area contributed by atoms with Gasteiger partial charge in [-0.05, 0) is 41.8 Å². The molecular formula is C16H19BrN2O. The van der Waals surface area contributed by atoms with Crippen LogP contribution in [0, 0.1) is 0 Å². The van der Waals surface area contributed by atoms with Gasteiger partial charge in [0.25, 0.3) is 0 Å². The Morgan fingerprint density at radius 1 is 1.15 bits per heavy atom. The predicted molar refractivity (Wildman–Crippen MR) is 85.5 cm³/mol. The molecule has 1 atom stereocenters. The summed E-state index contributed by atoms with van der Waals surface area (Å²) in [5.41, 5.74) is 5.08. The molecule has 0 aliphatic heterocycles. The normalized spacial score (nSPS) is 12.2. The highest BCUT2D eigenvalue weighted by molar-refractivity contribution is 9.10. The van der Waals surface area contributed by atoms with E-state index in [1.165, 1.54) is 0 Å². The average molecular weight is 335 g/mol. The molecule has 0 bridgehead atoms. The molecule has 0 saturated heterocycles. The average Bonchev–Trinajstić information content (AvgIpc) is 2.47. The smallest absolute Gasteiger partial charge is 0.119 e. The Morgan fingerprint density at radius 3 is 2.50 bits per heavy atom. The topological polar surface area (TPSA) is 47.3 Å². The zero-order valence-electron chi connectivity index (χ0n) is 11.5. The van der Waals surface area contributed by atoms with E-state index in [1.807, 2.05) is 36.4 Å². The molecule has 20 heavy (non-hydrogen) atoms. The molecule has 2 aromatic carbocycles. The molecule has 0 radical (unpaired) electrons. The van der Waals surface area contributed by atoms with Gasteiger partial charge in [-0.15, -0.1) is 0 Å². The molecule has 0 saturated carbocycles. The van der Waals surface area contributed by atoms with E-state index in [4.69, 9.17) is 10.6 Å². The maximum absolute atomic E-state index is 5.71. The molecule has 0 aliphatic rings. The number of rotatable bonds is 6. The molecule has 0 aliphatic carbocycles. The molecule has 1 unspecified atom stereocenters. The van der Waals surface area contributed by atoms with Crippen molar-refractivity contribution in [2.45, 2.75) is 19.4 Å². The Bertz CT molecular complexity index is 542. The highest BCUT2D eigenvalue weighted by Gasteiger charge is 2.12. The number of hydrogen-bond acceptors (Lipinski definition) is 3. The zero-order valence-corrected chi connectivity index (χ0v) is 13.1. The van der Waals surface area contributed by atoms with Gasteiger partial charge in [-0.2, -0.15) is 0 Å². The van der Waals surface area contributed by atoms with Crippen molar-refractivity contribution >= 4 is 15.9 Å². The van der Waals surface area contributed by atoms with Crippen LogP contribution in [0.15, 0.2) is 53.0 Å². The summed E-state index contributed by atoms with van der Waals surface area (Å²) in [4.78, 5) is 0. The van der Waals surface area contributed by atoms with Crippen LogP contribution in [0.1, 0.15) is 30.5 Å². The van der Waals surface area contributed by atoms with Gasteiger partial charge in [-0.25, -0.2) is 5.43 Å². The summed E-state index contributed by atoms with van der Waals surface area (Å²) in [5, 5.41) is 0. The van der Waals surface area contributed by atoms with Crippen molar-refractivity contribution in [3.63, 3.8) is 0 Å². The molecule has 3 nitrogen and oxygen atoms in total. The number of hydrazine groups is 1. The molecule has 3 N–H and O–H groups in total. The van der Waals surface area contributed by atoms with E-state index in [0.717, 1.165) is 34.4 Å². The van der Waals surface area contributed by atoms with Crippen molar-refractivity contribution < 1.29 is 4.74 Å². The lowest BCUT2D eigenvalue weighted by molar-refractivity contribution is 0.317. The van der Waals surface area contributed by atoms with E-state index >= 15 is 0 Å². The standard InChI is InChI=1S/C16H19BrN2O/c1-2-10-20-15-8-6-12(7-9-15)16(19-18)13-4-3-5-14(17)11-13/h3-9,11,16,19H,2,10,18H2,1H3. The van der Waals surface area contributed by atoms with Gasteiger partial charge in [0.2, 0.25) is 0 Å². The summed E-state index contributed by atoms with van der Waals surface area (Å²) in [6.07, 6.45) is 1.01. The monoisotopic (exact) mass is 334 g/mol. The third-order valence-electron chi connectivity index (χ3n) is 3.03. The predicted octanol–water partition coefficient (Wildman–Crippen LogP) is 3.79. The second-order valence-corrected chi connectivity index (χ2v) is 5.49. The van der Waals surface area contributed by atoms with Crippen LogP contribution in [-0.4, -0.2) is 6.61 Å². The summed E-state index contributed by atoms with van der Waals surface area (Å²) in [5.74, 6) is 6.60. The Kier molecular flexibility index (Phi) is 5.59. The molecule has 2 aromatic rings. The molecular weight excluding hydrogens is 316 g/mol. The van der Waals surface area contributed by atoms with E-state index in [2.05, 4.69) is 40.4 Å². The Labute approximate surface area is 128 Å². The van der Waals surface area contributed by atoms with Crippen LogP contribution in [0.4, 0.5) is 0 Å². The number of nitrogens with two attached hydrogens (primary N) is 1. The molecule has 0 fully saturated rings. The largest absolute Gasteiger partial charge is 0.494 e. The van der Waals surface area contributed by atoms with E-state index in [-0.39, 0.29) is 6.04 Å². The van der Waals surface area contributed by atoms with Crippen LogP contribution in [0.2, 0.25) is 0 Å². The second kappa shape index (κ2) is 7.43. The first-order chi connectivity index (χ1) is 9.74. The second-order valence-electron chi connectivity index (χ2n) is 4.57. The van der Waals surface area contributed by atoms with Gasteiger partial charge in [0.1, 0.15) is 5.75 Å². The maximum Gasteiger partial charge on any atom is 0.119 e. The molecule has 2 rings (SSSR count). The fraction of sp³-hybridized carbons (Fsp3) is 0.250. The van der Waals surface area contributed by atoms with Crippen LogP contribution in [0.25, 0.3) is 0 Å². The fourth-order valence-corrected chi connectivity index (χ4v) is 2.46. The minimum Gasteiger partial charge on any atom is -0.494 e. The van der Waals surface area contributed by atoms with E-state index in [9.17, 15) is 0 Å². The first-order valence-electron chi connectivity index (χ1n) is 6.69. The molecule has 0 heterocycles. The van der Waals surface area contributed by atoms with Crippen molar-refractivity contribution in [2.24, 2.45) is 5.84 Å². The number of halogens is 1. The zero-order chi connectivity index (χ0) is 14.4. The van der Waals surface area contributed by atoms with Gasteiger partial charge in [-0.3, -0.25) is 5.84 Å². The first kappa shape index (κ1) is 15.0. The van der Waals surface area contributed by atoms with Crippen molar-refractivity contribution in [3.8, 4) is 5.75 Å². The SMILES string of the molecule is CCCOc1ccc(C(NN)c2cccc(Br)c2)cc1. The third kappa shape index (κ3) is 3.82. The highest BCUT2D eigenvalue weighted by Crippen LogP contribution is 2.25. The van der Waals surface area contributed by atoms with Crippen LogP contribution in [0.5, 0.6) is 5.75 Å². The summed E-state index contributed by atoms with van der Waals surface area (Å²) in [6, 6.07) is 16.1. The minimum absolute atomic E-state index is 0.0345. The lowest BCUT2D eigenvalue weighted by Crippen LogP contribution is -2.28. The highest BCUT2D eigenvalue weighted by atomic mass is 79.9. The maximum atomic E-state index is 5.71. The molecule has 4 heteroatoms.